The molecule has 2 N–H and O–H groups in total. The van der Waals surface area contributed by atoms with Crippen LogP contribution in [0, 0.1) is 11.7 Å². The Morgan fingerprint density at radius 2 is 1.63 bits per heavy atom. The van der Waals surface area contributed by atoms with Crippen molar-refractivity contribution in [2.45, 2.75) is 32.6 Å². The minimum Gasteiger partial charge on any atom is -0.355 e. The van der Waals surface area contributed by atoms with Crippen molar-refractivity contribution in [3.8, 4) is 0 Å². The van der Waals surface area contributed by atoms with Crippen LogP contribution in [0.15, 0.2) is 54.6 Å². The molecule has 0 fully saturated rings. The Hall–Kier alpha value is -2.69. The summed E-state index contributed by atoms with van der Waals surface area (Å²) in [6, 6.07) is 15.6. The van der Waals surface area contributed by atoms with E-state index in [0.29, 0.717) is 37.4 Å². The molecule has 2 aromatic rings. The zero-order chi connectivity index (χ0) is 19.6. The molecule has 1 unspecified atom stereocenters. The second-order valence-corrected chi connectivity index (χ2v) is 6.93. The second-order valence-electron chi connectivity index (χ2n) is 6.93. The normalized spacial score (nSPS) is 11.9. The van der Waals surface area contributed by atoms with Gasteiger partial charge in [-0.05, 0) is 42.2 Å². The predicted molar refractivity (Wildman–Crippen MR) is 105 cm³/mol. The number of halogens is 1. The summed E-state index contributed by atoms with van der Waals surface area (Å²) in [7, 11) is 0. The molecule has 144 valence electrons. The van der Waals surface area contributed by atoms with Crippen LogP contribution in [0.4, 0.5) is 4.39 Å². The fraction of sp³-hybridized carbons (Fsp3) is 0.364. The molecule has 0 heterocycles. The molecule has 27 heavy (non-hydrogen) atoms. The quantitative estimate of drug-likeness (QED) is 0.658. The summed E-state index contributed by atoms with van der Waals surface area (Å²) in [4.78, 5) is 24.0. The summed E-state index contributed by atoms with van der Waals surface area (Å²) < 4.78 is 12.9. The van der Waals surface area contributed by atoms with Gasteiger partial charge in [-0.3, -0.25) is 9.59 Å². The van der Waals surface area contributed by atoms with Crippen molar-refractivity contribution in [2.24, 2.45) is 5.92 Å². The van der Waals surface area contributed by atoms with E-state index in [0.717, 1.165) is 0 Å². The average molecular weight is 370 g/mol. The van der Waals surface area contributed by atoms with Crippen LogP contribution in [-0.4, -0.2) is 24.9 Å². The average Bonchev–Trinajstić information content (AvgIpc) is 2.66. The van der Waals surface area contributed by atoms with Crippen molar-refractivity contribution >= 4 is 11.8 Å². The number of hydrogen-bond donors (Lipinski definition) is 2. The van der Waals surface area contributed by atoms with Crippen LogP contribution in [0.1, 0.15) is 48.5 Å². The lowest BCUT2D eigenvalue weighted by molar-refractivity contribution is -0.121. The summed E-state index contributed by atoms with van der Waals surface area (Å²) in [5, 5.41) is 5.74. The highest BCUT2D eigenvalue weighted by atomic mass is 19.1. The number of hydrogen-bond acceptors (Lipinski definition) is 2. The van der Waals surface area contributed by atoms with Gasteiger partial charge in [0.25, 0.3) is 5.91 Å². The highest BCUT2D eigenvalue weighted by molar-refractivity contribution is 5.94. The van der Waals surface area contributed by atoms with Crippen LogP contribution in [0.3, 0.4) is 0 Å². The molecule has 0 aliphatic rings. The van der Waals surface area contributed by atoms with E-state index in [1.165, 1.54) is 29.8 Å². The van der Waals surface area contributed by atoms with Gasteiger partial charge in [0, 0.05) is 31.0 Å². The summed E-state index contributed by atoms with van der Waals surface area (Å²) in [5.74, 6) is 0.0291. The smallest absolute Gasteiger partial charge is 0.251 e. The van der Waals surface area contributed by atoms with E-state index in [-0.39, 0.29) is 23.5 Å². The minimum atomic E-state index is -0.376. The van der Waals surface area contributed by atoms with E-state index in [9.17, 15) is 14.0 Å². The van der Waals surface area contributed by atoms with Crippen LogP contribution in [-0.2, 0) is 4.79 Å². The predicted octanol–water partition coefficient (Wildman–Crippen LogP) is 3.89. The molecule has 0 aliphatic carbocycles. The third-order valence-corrected chi connectivity index (χ3v) is 4.52. The maximum atomic E-state index is 12.9. The van der Waals surface area contributed by atoms with E-state index >= 15 is 0 Å². The molecule has 0 spiro atoms. The van der Waals surface area contributed by atoms with Gasteiger partial charge in [0.15, 0.2) is 0 Å². The molecular weight excluding hydrogens is 343 g/mol. The van der Waals surface area contributed by atoms with Gasteiger partial charge in [-0.25, -0.2) is 4.39 Å². The fourth-order valence-corrected chi connectivity index (χ4v) is 2.91. The highest BCUT2D eigenvalue weighted by Crippen LogP contribution is 2.23. The Labute approximate surface area is 160 Å². The minimum absolute atomic E-state index is 0.0207. The molecule has 2 aromatic carbocycles. The number of carbonyl (C=O) groups is 2. The van der Waals surface area contributed by atoms with Crippen LogP contribution < -0.4 is 10.6 Å². The Balaban J connectivity index is 1.69. The van der Waals surface area contributed by atoms with E-state index in [1.54, 1.807) is 0 Å². The largest absolute Gasteiger partial charge is 0.355 e. The number of benzene rings is 2. The van der Waals surface area contributed by atoms with Crippen LogP contribution >= 0.6 is 0 Å². The molecule has 2 amide bonds. The molecule has 0 aromatic heterocycles. The van der Waals surface area contributed by atoms with Crippen LogP contribution in [0.25, 0.3) is 0 Å². The molecule has 0 saturated heterocycles. The van der Waals surface area contributed by atoms with Crippen LogP contribution in [0.2, 0.25) is 0 Å². The van der Waals surface area contributed by atoms with E-state index in [1.807, 2.05) is 18.2 Å². The summed E-state index contributed by atoms with van der Waals surface area (Å²) in [6.07, 6.45) is 0.903. The van der Waals surface area contributed by atoms with Crippen molar-refractivity contribution in [3.05, 3.63) is 71.5 Å². The molecule has 4 nitrogen and oxygen atoms in total. The second kappa shape index (κ2) is 10.5. The zero-order valence-electron chi connectivity index (χ0n) is 15.9. The van der Waals surface area contributed by atoms with E-state index in [2.05, 4.69) is 36.6 Å². The Kier molecular flexibility index (Phi) is 7.99. The van der Waals surface area contributed by atoms with Gasteiger partial charge in [0.2, 0.25) is 5.91 Å². The standard InChI is InChI=1S/C22H27FN2O2/c1-16(2)20(17-7-4-3-5-8-17)15-25-21(26)9-6-14-24-22(27)18-10-12-19(23)13-11-18/h3-5,7-8,10-13,16,20H,6,9,14-15H2,1-2H3,(H,24,27)(H,25,26). The summed E-state index contributed by atoms with van der Waals surface area (Å²) >= 11 is 0. The maximum absolute atomic E-state index is 12.9. The van der Waals surface area contributed by atoms with Crippen molar-refractivity contribution in [1.29, 1.82) is 0 Å². The lowest BCUT2D eigenvalue weighted by Crippen LogP contribution is -2.31. The van der Waals surface area contributed by atoms with Crippen molar-refractivity contribution in [3.63, 3.8) is 0 Å². The van der Waals surface area contributed by atoms with Gasteiger partial charge >= 0.3 is 0 Å². The Bertz CT molecular complexity index is 730. The van der Waals surface area contributed by atoms with Crippen LogP contribution in [0.5, 0.6) is 0 Å². The monoisotopic (exact) mass is 370 g/mol. The first-order valence-electron chi connectivity index (χ1n) is 9.32. The third-order valence-electron chi connectivity index (χ3n) is 4.52. The van der Waals surface area contributed by atoms with Gasteiger partial charge in [-0.15, -0.1) is 0 Å². The first-order chi connectivity index (χ1) is 13.0. The van der Waals surface area contributed by atoms with Crippen molar-refractivity contribution < 1.29 is 14.0 Å². The van der Waals surface area contributed by atoms with Gasteiger partial charge in [0.1, 0.15) is 5.82 Å². The first kappa shape index (κ1) is 20.6. The Morgan fingerprint density at radius 3 is 2.26 bits per heavy atom. The lowest BCUT2D eigenvalue weighted by atomic mass is 9.88. The summed E-state index contributed by atoms with van der Waals surface area (Å²) in [5.41, 5.74) is 1.63. The number of rotatable bonds is 9. The third kappa shape index (κ3) is 6.85. The Morgan fingerprint density at radius 1 is 0.963 bits per heavy atom. The SMILES string of the molecule is CC(C)C(CNC(=O)CCCNC(=O)c1ccc(F)cc1)c1ccccc1. The fourth-order valence-electron chi connectivity index (χ4n) is 2.91. The molecule has 0 aliphatic heterocycles. The molecule has 5 heteroatoms. The lowest BCUT2D eigenvalue weighted by Gasteiger charge is -2.22. The van der Waals surface area contributed by atoms with Gasteiger partial charge < -0.3 is 10.6 Å². The molecule has 1 atom stereocenters. The molecule has 0 saturated carbocycles. The number of nitrogens with one attached hydrogen (secondary N) is 2. The topological polar surface area (TPSA) is 58.2 Å². The van der Waals surface area contributed by atoms with E-state index < -0.39 is 0 Å². The number of carbonyl (C=O) groups excluding carboxylic acids is 2. The van der Waals surface area contributed by atoms with Crippen molar-refractivity contribution in [2.75, 3.05) is 13.1 Å². The van der Waals surface area contributed by atoms with E-state index in [4.69, 9.17) is 0 Å². The summed E-state index contributed by atoms with van der Waals surface area (Å²) in [6.45, 7) is 5.29. The van der Waals surface area contributed by atoms with Gasteiger partial charge in [-0.1, -0.05) is 44.2 Å². The number of amides is 2. The molecule has 0 bridgehead atoms. The molecular formula is C22H27FN2O2. The van der Waals surface area contributed by atoms with Gasteiger partial charge in [-0.2, -0.15) is 0 Å². The zero-order valence-corrected chi connectivity index (χ0v) is 15.9. The molecule has 2 rings (SSSR count). The van der Waals surface area contributed by atoms with Gasteiger partial charge in [0.05, 0.1) is 0 Å². The first-order valence-corrected chi connectivity index (χ1v) is 9.32. The highest BCUT2D eigenvalue weighted by Gasteiger charge is 2.16. The van der Waals surface area contributed by atoms with Crippen molar-refractivity contribution in [1.82, 2.24) is 10.6 Å². The maximum Gasteiger partial charge on any atom is 0.251 e. The molecule has 0 radical (unpaired) electrons.